The monoisotopic (exact) mass is 269 g/mol. The third-order valence-electron chi connectivity index (χ3n) is 2.59. The van der Waals surface area contributed by atoms with Gasteiger partial charge in [0, 0.05) is 12.1 Å². The van der Waals surface area contributed by atoms with E-state index < -0.39 is 5.06 Å². The molecule has 1 aromatic rings. The quantitative estimate of drug-likeness (QED) is 0.609. The van der Waals surface area contributed by atoms with Crippen LogP contribution in [0.4, 0.5) is 0 Å². The standard InChI is InChI=1S/C13H16ClNOS/c1-2-3-9-15-12-16-13(14,10-17-12)11-7-5-4-6-8-11/h4-8H,2-3,9-10H2,1H3. The van der Waals surface area contributed by atoms with Crippen LogP contribution in [0.1, 0.15) is 25.3 Å². The Labute approximate surface area is 111 Å². The van der Waals surface area contributed by atoms with Crippen molar-refractivity contribution in [3.05, 3.63) is 35.9 Å². The van der Waals surface area contributed by atoms with Gasteiger partial charge in [-0.2, -0.15) is 0 Å². The summed E-state index contributed by atoms with van der Waals surface area (Å²) >= 11 is 8.07. The van der Waals surface area contributed by atoms with E-state index >= 15 is 0 Å². The molecule has 0 radical (unpaired) electrons. The Bertz CT molecular complexity index is 396. The smallest absolute Gasteiger partial charge is 0.247 e. The van der Waals surface area contributed by atoms with Gasteiger partial charge in [-0.3, -0.25) is 0 Å². The van der Waals surface area contributed by atoms with Crippen molar-refractivity contribution in [1.29, 1.82) is 0 Å². The Morgan fingerprint density at radius 1 is 1.41 bits per heavy atom. The molecule has 17 heavy (non-hydrogen) atoms. The molecule has 4 heteroatoms. The van der Waals surface area contributed by atoms with Gasteiger partial charge >= 0.3 is 0 Å². The summed E-state index contributed by atoms with van der Waals surface area (Å²) in [5.41, 5.74) is 0.995. The molecule has 1 saturated heterocycles. The molecule has 1 unspecified atom stereocenters. The van der Waals surface area contributed by atoms with E-state index in [0.717, 1.165) is 30.2 Å². The highest BCUT2D eigenvalue weighted by Gasteiger charge is 2.39. The Kier molecular flexibility index (Phi) is 4.35. The molecule has 1 fully saturated rings. The molecule has 0 N–H and O–H groups in total. The third-order valence-corrected chi connectivity index (χ3v) is 4.19. The van der Waals surface area contributed by atoms with Gasteiger partial charge < -0.3 is 4.74 Å². The first-order valence-corrected chi connectivity index (χ1v) is 7.21. The fraction of sp³-hybridized carbons (Fsp3) is 0.462. The molecule has 1 atom stereocenters. The number of thioether (sulfide) groups is 1. The number of unbranched alkanes of at least 4 members (excludes halogenated alkanes) is 1. The maximum absolute atomic E-state index is 6.48. The molecule has 1 aliphatic heterocycles. The second-order valence-electron chi connectivity index (χ2n) is 3.99. The lowest BCUT2D eigenvalue weighted by Gasteiger charge is -2.19. The van der Waals surface area contributed by atoms with Gasteiger partial charge in [-0.15, -0.1) is 0 Å². The summed E-state index contributed by atoms with van der Waals surface area (Å²) in [6, 6.07) is 9.90. The normalized spacial score (nSPS) is 26.1. The van der Waals surface area contributed by atoms with Crippen molar-refractivity contribution in [2.45, 2.75) is 24.8 Å². The second-order valence-corrected chi connectivity index (χ2v) is 5.52. The highest BCUT2D eigenvalue weighted by Crippen LogP contribution is 2.41. The average Bonchev–Trinajstić information content (AvgIpc) is 2.74. The van der Waals surface area contributed by atoms with Gasteiger partial charge in [-0.25, -0.2) is 4.99 Å². The average molecular weight is 270 g/mol. The number of alkyl halides is 1. The van der Waals surface area contributed by atoms with E-state index in [1.807, 2.05) is 30.3 Å². The van der Waals surface area contributed by atoms with Crippen molar-refractivity contribution in [2.24, 2.45) is 4.99 Å². The Balaban J connectivity index is 2.03. The van der Waals surface area contributed by atoms with Crippen molar-refractivity contribution in [1.82, 2.24) is 0 Å². The minimum Gasteiger partial charge on any atom is -0.445 e. The molecule has 1 aromatic carbocycles. The van der Waals surface area contributed by atoms with Crippen molar-refractivity contribution in [3.8, 4) is 0 Å². The SMILES string of the molecule is CCCCN=C1OC(Cl)(c2ccccc2)CS1. The van der Waals surface area contributed by atoms with E-state index in [0.29, 0.717) is 5.75 Å². The summed E-state index contributed by atoms with van der Waals surface area (Å²) < 4.78 is 5.76. The highest BCUT2D eigenvalue weighted by atomic mass is 35.5. The van der Waals surface area contributed by atoms with Gasteiger partial charge in [-0.1, -0.05) is 67.0 Å². The predicted octanol–water partition coefficient (Wildman–Crippen LogP) is 4.00. The van der Waals surface area contributed by atoms with Crippen LogP contribution in [0.2, 0.25) is 0 Å². The van der Waals surface area contributed by atoms with Crippen molar-refractivity contribution in [3.63, 3.8) is 0 Å². The van der Waals surface area contributed by atoms with Crippen LogP contribution in [-0.2, 0) is 9.80 Å². The van der Waals surface area contributed by atoms with Crippen molar-refractivity contribution < 1.29 is 4.74 Å². The molecule has 2 nitrogen and oxygen atoms in total. The third kappa shape index (κ3) is 3.17. The number of hydrogen-bond donors (Lipinski definition) is 0. The van der Waals surface area contributed by atoms with Gasteiger partial charge in [0.05, 0.1) is 5.75 Å². The molecule has 1 heterocycles. The largest absolute Gasteiger partial charge is 0.445 e. The summed E-state index contributed by atoms with van der Waals surface area (Å²) in [5.74, 6) is 0.712. The van der Waals surface area contributed by atoms with Gasteiger partial charge in [0.25, 0.3) is 0 Å². The molecule has 92 valence electrons. The first-order valence-electron chi connectivity index (χ1n) is 5.85. The van der Waals surface area contributed by atoms with Crippen LogP contribution in [0.3, 0.4) is 0 Å². The van der Waals surface area contributed by atoms with Crippen molar-refractivity contribution >= 4 is 28.6 Å². The molecule has 0 amide bonds. The van der Waals surface area contributed by atoms with Gasteiger partial charge in [0.15, 0.2) is 0 Å². The summed E-state index contributed by atoms with van der Waals surface area (Å²) in [6.07, 6.45) is 2.24. The van der Waals surface area contributed by atoms with Crippen LogP contribution in [0.15, 0.2) is 35.3 Å². The van der Waals surface area contributed by atoms with E-state index in [4.69, 9.17) is 16.3 Å². The van der Waals surface area contributed by atoms with E-state index in [-0.39, 0.29) is 0 Å². The number of benzene rings is 1. The molecule has 0 bridgehead atoms. The van der Waals surface area contributed by atoms with Crippen LogP contribution < -0.4 is 0 Å². The Morgan fingerprint density at radius 3 is 2.88 bits per heavy atom. The van der Waals surface area contributed by atoms with Gasteiger partial charge in [-0.05, 0) is 6.42 Å². The molecule has 0 saturated carbocycles. The van der Waals surface area contributed by atoms with Crippen LogP contribution in [0.5, 0.6) is 0 Å². The minimum absolute atomic E-state index is 0.712. The zero-order valence-electron chi connectivity index (χ0n) is 9.86. The van der Waals surface area contributed by atoms with E-state index in [1.54, 1.807) is 11.8 Å². The maximum atomic E-state index is 6.48. The molecule has 0 aliphatic carbocycles. The van der Waals surface area contributed by atoms with Crippen LogP contribution in [0, 0.1) is 0 Å². The lowest BCUT2D eigenvalue weighted by molar-refractivity contribution is 0.187. The fourth-order valence-electron chi connectivity index (χ4n) is 1.59. The summed E-state index contributed by atoms with van der Waals surface area (Å²) in [5, 5.41) is -0.0194. The summed E-state index contributed by atoms with van der Waals surface area (Å²) in [6.45, 7) is 2.97. The number of ether oxygens (including phenoxy) is 1. The van der Waals surface area contributed by atoms with Crippen LogP contribution in [-0.4, -0.2) is 17.5 Å². The summed E-state index contributed by atoms with van der Waals surface area (Å²) in [7, 11) is 0. The maximum Gasteiger partial charge on any atom is 0.247 e. The van der Waals surface area contributed by atoms with Gasteiger partial charge in [0.2, 0.25) is 10.3 Å². The molecule has 2 rings (SSSR count). The second kappa shape index (κ2) is 5.78. The first kappa shape index (κ1) is 12.8. The molecule has 0 aromatic heterocycles. The zero-order chi connectivity index (χ0) is 12.1. The van der Waals surface area contributed by atoms with E-state index in [9.17, 15) is 0 Å². The first-order chi connectivity index (χ1) is 8.24. The molecule has 0 spiro atoms. The lowest BCUT2D eigenvalue weighted by atomic mass is 10.1. The summed E-state index contributed by atoms with van der Waals surface area (Å²) in [4.78, 5) is 4.41. The Hall–Kier alpha value is -0.670. The van der Waals surface area contributed by atoms with Crippen molar-refractivity contribution in [2.75, 3.05) is 12.3 Å². The molecule has 1 aliphatic rings. The minimum atomic E-state index is -0.739. The number of nitrogens with zero attached hydrogens (tertiary/aromatic N) is 1. The fourth-order valence-corrected chi connectivity index (χ4v) is 2.91. The van der Waals surface area contributed by atoms with E-state index in [1.165, 1.54) is 0 Å². The van der Waals surface area contributed by atoms with E-state index in [2.05, 4.69) is 11.9 Å². The van der Waals surface area contributed by atoms with Crippen LogP contribution in [0.25, 0.3) is 0 Å². The number of aliphatic imine (C=N–C) groups is 1. The Morgan fingerprint density at radius 2 is 2.18 bits per heavy atom. The molecular weight excluding hydrogens is 254 g/mol. The number of hydrogen-bond acceptors (Lipinski definition) is 3. The predicted molar refractivity (Wildman–Crippen MR) is 74.7 cm³/mol. The topological polar surface area (TPSA) is 21.6 Å². The number of halogens is 1. The zero-order valence-corrected chi connectivity index (χ0v) is 11.4. The van der Waals surface area contributed by atoms with Gasteiger partial charge in [0.1, 0.15) is 0 Å². The highest BCUT2D eigenvalue weighted by molar-refractivity contribution is 8.13. The lowest BCUT2D eigenvalue weighted by Crippen LogP contribution is -2.20. The number of rotatable bonds is 4. The van der Waals surface area contributed by atoms with Crippen LogP contribution >= 0.6 is 23.4 Å². The molecular formula is C13H16ClNOS.